The van der Waals surface area contributed by atoms with Crippen LogP contribution in [-0.4, -0.2) is 34.2 Å². The maximum Gasteiger partial charge on any atom is 0.310 e. The van der Waals surface area contributed by atoms with Gasteiger partial charge in [-0.05, 0) is 25.3 Å². The van der Waals surface area contributed by atoms with Crippen molar-refractivity contribution in [1.82, 2.24) is 4.98 Å². The third-order valence-electron chi connectivity index (χ3n) is 4.92. The Bertz CT molecular complexity index is 820. The van der Waals surface area contributed by atoms with E-state index < -0.39 is 17.8 Å². The number of ether oxygens (including phenoxy) is 1. The number of nitrogens with zero attached hydrogens (tertiary/aromatic N) is 1. The molecular formula is C18H18N2O4S. The van der Waals surface area contributed by atoms with Crippen LogP contribution in [-0.2, 0) is 14.3 Å². The highest BCUT2D eigenvalue weighted by Crippen LogP contribution is 2.44. The quantitative estimate of drug-likeness (QED) is 0.877. The van der Waals surface area contributed by atoms with E-state index in [1.54, 1.807) is 0 Å². The zero-order chi connectivity index (χ0) is 17.6. The zero-order valence-electron chi connectivity index (χ0n) is 13.6. The molecule has 2 aromatic rings. The number of aliphatic carboxylic acids is 1. The smallest absolute Gasteiger partial charge is 0.310 e. The highest BCUT2D eigenvalue weighted by atomic mass is 32.1. The van der Waals surface area contributed by atoms with Gasteiger partial charge in [0.15, 0.2) is 5.13 Å². The molecule has 2 fully saturated rings. The van der Waals surface area contributed by atoms with Gasteiger partial charge in [-0.15, -0.1) is 0 Å². The van der Waals surface area contributed by atoms with E-state index in [4.69, 9.17) is 4.74 Å². The van der Waals surface area contributed by atoms with Crippen LogP contribution in [0, 0.1) is 18.8 Å². The van der Waals surface area contributed by atoms with Crippen LogP contribution >= 0.6 is 11.3 Å². The predicted octanol–water partition coefficient (Wildman–Crippen LogP) is 2.94. The average Bonchev–Trinajstić information content (AvgIpc) is 3.29. The van der Waals surface area contributed by atoms with E-state index in [1.807, 2.05) is 37.3 Å². The zero-order valence-corrected chi connectivity index (χ0v) is 14.5. The molecule has 4 atom stereocenters. The lowest BCUT2D eigenvalue weighted by Gasteiger charge is -2.23. The van der Waals surface area contributed by atoms with E-state index in [2.05, 4.69) is 10.3 Å². The molecule has 2 saturated heterocycles. The Morgan fingerprint density at radius 2 is 1.88 bits per heavy atom. The third-order valence-corrected chi connectivity index (χ3v) is 6.05. The second-order valence-corrected chi connectivity index (χ2v) is 7.47. The number of nitrogens with one attached hydrogen (secondary N) is 1. The lowest BCUT2D eigenvalue weighted by Crippen LogP contribution is -2.40. The van der Waals surface area contributed by atoms with Gasteiger partial charge in [0.05, 0.1) is 34.6 Å². The molecule has 2 aliphatic heterocycles. The number of carboxylic acids is 1. The van der Waals surface area contributed by atoms with Crippen molar-refractivity contribution in [3.05, 3.63) is 36.0 Å². The van der Waals surface area contributed by atoms with Crippen LogP contribution in [0.5, 0.6) is 0 Å². The Labute approximate surface area is 148 Å². The van der Waals surface area contributed by atoms with Crippen LogP contribution in [0.3, 0.4) is 0 Å². The number of benzene rings is 1. The molecule has 2 N–H and O–H groups in total. The number of hydrogen-bond donors (Lipinski definition) is 2. The van der Waals surface area contributed by atoms with Crippen LogP contribution in [0.15, 0.2) is 30.3 Å². The number of thiazole rings is 1. The molecular weight excluding hydrogens is 340 g/mol. The van der Waals surface area contributed by atoms with E-state index in [9.17, 15) is 14.7 Å². The Morgan fingerprint density at radius 1 is 1.20 bits per heavy atom. The number of carbonyl (C=O) groups is 2. The van der Waals surface area contributed by atoms with Crippen molar-refractivity contribution < 1.29 is 19.4 Å². The van der Waals surface area contributed by atoms with Crippen molar-refractivity contribution in [3.8, 4) is 10.4 Å². The lowest BCUT2D eigenvalue weighted by molar-refractivity contribution is -0.147. The van der Waals surface area contributed by atoms with Crippen molar-refractivity contribution in [3.63, 3.8) is 0 Å². The van der Waals surface area contributed by atoms with Gasteiger partial charge in [0.25, 0.3) is 0 Å². The minimum atomic E-state index is -0.965. The fraction of sp³-hybridized carbons (Fsp3) is 0.389. The monoisotopic (exact) mass is 358 g/mol. The van der Waals surface area contributed by atoms with Gasteiger partial charge in [-0.1, -0.05) is 41.7 Å². The molecule has 130 valence electrons. The molecule has 3 heterocycles. The molecule has 6 nitrogen and oxygen atoms in total. The van der Waals surface area contributed by atoms with Gasteiger partial charge < -0.3 is 15.2 Å². The first-order valence-electron chi connectivity index (χ1n) is 8.26. The van der Waals surface area contributed by atoms with Gasteiger partial charge in [-0.2, -0.15) is 0 Å². The Balaban J connectivity index is 1.55. The van der Waals surface area contributed by atoms with Crippen molar-refractivity contribution in [2.24, 2.45) is 11.8 Å². The van der Waals surface area contributed by atoms with E-state index >= 15 is 0 Å². The van der Waals surface area contributed by atoms with E-state index in [0.717, 1.165) is 22.6 Å². The summed E-state index contributed by atoms with van der Waals surface area (Å²) in [5, 5.41) is 12.7. The minimum Gasteiger partial charge on any atom is -0.481 e. The molecule has 0 unspecified atom stereocenters. The summed E-state index contributed by atoms with van der Waals surface area (Å²) in [6, 6.07) is 9.85. The van der Waals surface area contributed by atoms with E-state index in [-0.39, 0.29) is 18.1 Å². The maximum atomic E-state index is 12.7. The van der Waals surface area contributed by atoms with E-state index in [0.29, 0.717) is 11.6 Å². The van der Waals surface area contributed by atoms with Crippen LogP contribution < -0.4 is 5.32 Å². The number of amides is 1. The number of carboxylic acid groups (broad SMARTS) is 1. The normalized spacial score (nSPS) is 27.4. The van der Waals surface area contributed by atoms with Crippen LogP contribution in [0.2, 0.25) is 0 Å². The Kier molecular flexibility index (Phi) is 4.05. The standard InChI is InChI=1S/C18H18N2O4S/c1-9-15(10-5-3-2-4-6-10)25-18(19-9)20-16(21)13-11-7-8-12(24-11)14(13)17(22)23/h2-6,11-14H,7-8H2,1H3,(H,22,23)(H,19,20,21)/t11-,12-,13-,14+/m1/s1. The summed E-state index contributed by atoms with van der Waals surface area (Å²) >= 11 is 1.40. The van der Waals surface area contributed by atoms with Crippen molar-refractivity contribution in [2.75, 3.05) is 5.32 Å². The molecule has 0 radical (unpaired) electrons. The summed E-state index contributed by atoms with van der Waals surface area (Å²) < 4.78 is 5.66. The second kappa shape index (κ2) is 6.24. The Hall–Kier alpha value is -2.25. The summed E-state index contributed by atoms with van der Waals surface area (Å²) in [7, 11) is 0. The van der Waals surface area contributed by atoms with Crippen molar-refractivity contribution in [2.45, 2.75) is 32.0 Å². The molecule has 0 aliphatic carbocycles. The molecule has 1 aromatic heterocycles. The molecule has 7 heteroatoms. The van der Waals surface area contributed by atoms with Crippen LogP contribution in [0.4, 0.5) is 5.13 Å². The number of hydrogen-bond acceptors (Lipinski definition) is 5. The number of aromatic nitrogens is 1. The molecule has 0 spiro atoms. The average molecular weight is 358 g/mol. The van der Waals surface area contributed by atoms with Crippen molar-refractivity contribution in [1.29, 1.82) is 0 Å². The Morgan fingerprint density at radius 3 is 2.56 bits per heavy atom. The van der Waals surface area contributed by atoms with Crippen LogP contribution in [0.1, 0.15) is 18.5 Å². The first kappa shape index (κ1) is 16.2. The summed E-state index contributed by atoms with van der Waals surface area (Å²) in [6.07, 6.45) is 0.787. The fourth-order valence-corrected chi connectivity index (χ4v) is 4.80. The molecule has 1 aromatic carbocycles. The molecule has 25 heavy (non-hydrogen) atoms. The summed E-state index contributed by atoms with van der Waals surface area (Å²) in [5.74, 6) is -2.70. The lowest BCUT2D eigenvalue weighted by atomic mass is 9.79. The van der Waals surface area contributed by atoms with Crippen molar-refractivity contribution >= 4 is 28.3 Å². The predicted molar refractivity (Wildman–Crippen MR) is 93.4 cm³/mol. The van der Waals surface area contributed by atoms with Gasteiger partial charge in [0.2, 0.25) is 5.91 Å². The third kappa shape index (κ3) is 2.83. The second-order valence-electron chi connectivity index (χ2n) is 6.47. The molecule has 0 saturated carbocycles. The molecule has 2 bridgehead atoms. The molecule has 2 aliphatic rings. The number of anilines is 1. The first-order chi connectivity index (χ1) is 12.0. The van der Waals surface area contributed by atoms with Gasteiger partial charge >= 0.3 is 5.97 Å². The fourth-order valence-electron chi connectivity index (χ4n) is 3.82. The topological polar surface area (TPSA) is 88.5 Å². The largest absolute Gasteiger partial charge is 0.481 e. The minimum absolute atomic E-state index is 0.305. The summed E-state index contributed by atoms with van der Waals surface area (Å²) in [6.45, 7) is 1.90. The number of fused-ring (bicyclic) bond motifs is 2. The number of rotatable bonds is 4. The summed E-state index contributed by atoms with van der Waals surface area (Å²) in [5.41, 5.74) is 1.88. The van der Waals surface area contributed by atoms with E-state index in [1.165, 1.54) is 11.3 Å². The molecule has 4 rings (SSSR count). The first-order valence-corrected chi connectivity index (χ1v) is 9.08. The number of carbonyl (C=O) groups excluding carboxylic acids is 1. The van der Waals surface area contributed by atoms with Crippen LogP contribution in [0.25, 0.3) is 10.4 Å². The number of aryl methyl sites for hydroxylation is 1. The van der Waals surface area contributed by atoms with Gasteiger partial charge in [0, 0.05) is 0 Å². The van der Waals surface area contributed by atoms with Gasteiger partial charge in [-0.25, -0.2) is 4.98 Å². The SMILES string of the molecule is Cc1nc(NC(=O)[C@H]2[C@@H](C(=O)O)[C@H]3CC[C@H]2O3)sc1-c1ccccc1. The highest BCUT2D eigenvalue weighted by molar-refractivity contribution is 7.19. The van der Waals surface area contributed by atoms with Gasteiger partial charge in [-0.3, -0.25) is 9.59 Å². The highest BCUT2D eigenvalue weighted by Gasteiger charge is 2.55. The maximum absolute atomic E-state index is 12.7. The molecule has 1 amide bonds. The van der Waals surface area contributed by atoms with Gasteiger partial charge in [0.1, 0.15) is 0 Å². The summed E-state index contributed by atoms with van der Waals surface area (Å²) in [4.78, 5) is 29.6.